The molecular weight excluding hydrogens is 291 g/mol. The average Bonchev–Trinajstić information content (AvgIpc) is 2.28. The molecule has 16 heavy (non-hydrogen) atoms. The fourth-order valence-electron chi connectivity index (χ4n) is 1.78. The van der Waals surface area contributed by atoms with Crippen molar-refractivity contribution >= 4 is 27.5 Å². The highest BCUT2D eigenvalue weighted by atomic mass is 79.9. The Kier molecular flexibility index (Phi) is 3.98. The third-order valence-electron chi connectivity index (χ3n) is 2.73. The summed E-state index contributed by atoms with van der Waals surface area (Å²) in [7, 11) is 0. The highest BCUT2D eigenvalue weighted by molar-refractivity contribution is 9.09. The van der Waals surface area contributed by atoms with Gasteiger partial charge in [0.05, 0.1) is 0 Å². The van der Waals surface area contributed by atoms with Crippen LogP contribution in [0.15, 0.2) is 12.1 Å². The van der Waals surface area contributed by atoms with Gasteiger partial charge < -0.3 is 9.47 Å². The van der Waals surface area contributed by atoms with Gasteiger partial charge in [-0.15, -0.1) is 0 Å². The summed E-state index contributed by atoms with van der Waals surface area (Å²) in [6, 6.07) is 3.86. The monoisotopic (exact) mass is 304 g/mol. The van der Waals surface area contributed by atoms with Crippen molar-refractivity contribution in [3.8, 4) is 11.5 Å². The van der Waals surface area contributed by atoms with Gasteiger partial charge in [0.1, 0.15) is 13.2 Å². The van der Waals surface area contributed by atoms with Crippen LogP contribution < -0.4 is 9.47 Å². The number of rotatable bonds is 3. The van der Waals surface area contributed by atoms with Gasteiger partial charge in [0.2, 0.25) is 0 Å². The van der Waals surface area contributed by atoms with Crippen molar-refractivity contribution in [2.45, 2.75) is 19.3 Å². The van der Waals surface area contributed by atoms with Gasteiger partial charge in [0.25, 0.3) is 0 Å². The van der Waals surface area contributed by atoms with Crippen molar-refractivity contribution in [1.29, 1.82) is 0 Å². The van der Waals surface area contributed by atoms with Gasteiger partial charge in [-0.25, -0.2) is 0 Å². The summed E-state index contributed by atoms with van der Waals surface area (Å²) in [5.41, 5.74) is 1.13. The van der Waals surface area contributed by atoms with Crippen LogP contribution in [-0.2, 0) is 0 Å². The number of alkyl halides is 1. The van der Waals surface area contributed by atoms with Crippen LogP contribution in [0.1, 0.15) is 24.8 Å². The standard InChI is InChI=1S/C12H14BrClO2/c1-8(2-3-13)9-6-11-12(7-10(9)14)16-5-4-15-11/h6-8H,2-5H2,1H3. The second-order valence-electron chi connectivity index (χ2n) is 3.90. The van der Waals surface area contributed by atoms with Crippen LogP contribution in [0.2, 0.25) is 5.02 Å². The fraction of sp³-hybridized carbons (Fsp3) is 0.500. The summed E-state index contributed by atoms with van der Waals surface area (Å²) in [5, 5.41) is 1.73. The van der Waals surface area contributed by atoms with E-state index in [9.17, 15) is 0 Å². The molecule has 1 heterocycles. The normalized spacial score (nSPS) is 15.9. The van der Waals surface area contributed by atoms with Gasteiger partial charge in [-0.05, 0) is 24.0 Å². The van der Waals surface area contributed by atoms with E-state index in [-0.39, 0.29) is 0 Å². The van der Waals surface area contributed by atoms with Crippen LogP contribution in [0.5, 0.6) is 11.5 Å². The fourth-order valence-corrected chi connectivity index (χ4v) is 2.80. The second kappa shape index (κ2) is 5.28. The van der Waals surface area contributed by atoms with Gasteiger partial charge in [-0.3, -0.25) is 0 Å². The molecule has 0 fully saturated rings. The third kappa shape index (κ3) is 2.46. The molecule has 1 aromatic carbocycles. The second-order valence-corrected chi connectivity index (χ2v) is 5.10. The van der Waals surface area contributed by atoms with Crippen LogP contribution in [0.25, 0.3) is 0 Å². The van der Waals surface area contributed by atoms with E-state index >= 15 is 0 Å². The molecule has 0 aromatic heterocycles. The smallest absolute Gasteiger partial charge is 0.162 e. The minimum atomic E-state index is 0.419. The topological polar surface area (TPSA) is 18.5 Å². The number of benzene rings is 1. The molecule has 4 heteroatoms. The van der Waals surface area contributed by atoms with Crippen molar-refractivity contribution in [1.82, 2.24) is 0 Å². The molecule has 0 N–H and O–H groups in total. The lowest BCUT2D eigenvalue weighted by molar-refractivity contribution is 0.171. The maximum atomic E-state index is 6.24. The molecule has 1 atom stereocenters. The zero-order valence-corrected chi connectivity index (χ0v) is 11.5. The van der Waals surface area contributed by atoms with Crippen LogP contribution in [0, 0.1) is 0 Å². The molecule has 0 saturated heterocycles. The number of halogens is 2. The summed E-state index contributed by atoms with van der Waals surface area (Å²) < 4.78 is 11.0. The number of fused-ring (bicyclic) bond motifs is 1. The van der Waals surface area contributed by atoms with Gasteiger partial charge in [-0.2, -0.15) is 0 Å². The van der Waals surface area contributed by atoms with Gasteiger partial charge in [-0.1, -0.05) is 34.5 Å². The lowest BCUT2D eigenvalue weighted by Crippen LogP contribution is -2.15. The van der Waals surface area contributed by atoms with Gasteiger partial charge >= 0.3 is 0 Å². The first kappa shape index (κ1) is 12.1. The van der Waals surface area contributed by atoms with E-state index in [0.29, 0.717) is 19.1 Å². The average molecular weight is 306 g/mol. The lowest BCUT2D eigenvalue weighted by Gasteiger charge is -2.21. The SMILES string of the molecule is CC(CCBr)c1cc2c(cc1Cl)OCCO2. The summed E-state index contributed by atoms with van der Waals surface area (Å²) in [6.45, 7) is 3.37. The molecule has 2 nitrogen and oxygen atoms in total. The minimum absolute atomic E-state index is 0.419. The molecule has 0 spiro atoms. The van der Waals surface area contributed by atoms with E-state index < -0.39 is 0 Å². The molecule has 2 rings (SSSR count). The molecule has 0 bridgehead atoms. The predicted octanol–water partition coefficient (Wildman–Crippen LogP) is 4.00. The summed E-state index contributed by atoms with van der Waals surface area (Å²) in [4.78, 5) is 0. The summed E-state index contributed by atoms with van der Waals surface area (Å²) >= 11 is 9.69. The lowest BCUT2D eigenvalue weighted by atomic mass is 9.98. The molecule has 1 unspecified atom stereocenters. The Bertz CT molecular complexity index is 382. The van der Waals surface area contributed by atoms with Crippen LogP contribution in [0.4, 0.5) is 0 Å². The van der Waals surface area contributed by atoms with Crippen LogP contribution in [-0.4, -0.2) is 18.5 Å². The molecule has 0 saturated carbocycles. The maximum absolute atomic E-state index is 6.24. The molecule has 1 aliphatic rings. The molecule has 0 radical (unpaired) electrons. The van der Waals surface area contributed by atoms with Crippen LogP contribution in [0.3, 0.4) is 0 Å². The first-order valence-corrected chi connectivity index (χ1v) is 6.87. The largest absolute Gasteiger partial charge is 0.486 e. The van der Waals surface area contributed by atoms with Crippen molar-refractivity contribution < 1.29 is 9.47 Å². The number of ether oxygens (including phenoxy) is 2. The Balaban J connectivity index is 2.31. The third-order valence-corrected chi connectivity index (χ3v) is 3.52. The molecular formula is C12H14BrClO2. The highest BCUT2D eigenvalue weighted by Crippen LogP contribution is 2.38. The van der Waals surface area contributed by atoms with Crippen molar-refractivity contribution in [2.75, 3.05) is 18.5 Å². The Hall–Kier alpha value is -0.410. The van der Waals surface area contributed by atoms with Gasteiger partial charge in [0, 0.05) is 16.4 Å². The van der Waals surface area contributed by atoms with E-state index in [1.54, 1.807) is 0 Å². The zero-order valence-electron chi connectivity index (χ0n) is 9.13. The Morgan fingerprint density at radius 1 is 1.31 bits per heavy atom. The summed E-state index contributed by atoms with van der Waals surface area (Å²) in [6.07, 6.45) is 1.05. The molecule has 1 aliphatic heterocycles. The van der Waals surface area contributed by atoms with E-state index in [4.69, 9.17) is 21.1 Å². The van der Waals surface area contributed by atoms with E-state index in [0.717, 1.165) is 33.8 Å². The molecule has 88 valence electrons. The van der Waals surface area contributed by atoms with E-state index in [1.807, 2.05) is 12.1 Å². The number of hydrogen-bond donors (Lipinski definition) is 0. The summed E-state index contributed by atoms with van der Waals surface area (Å²) in [5.74, 6) is 1.99. The highest BCUT2D eigenvalue weighted by Gasteiger charge is 2.17. The van der Waals surface area contributed by atoms with Crippen LogP contribution >= 0.6 is 27.5 Å². The number of hydrogen-bond acceptors (Lipinski definition) is 2. The quantitative estimate of drug-likeness (QED) is 0.786. The van der Waals surface area contributed by atoms with Crippen molar-refractivity contribution in [2.24, 2.45) is 0 Å². The maximum Gasteiger partial charge on any atom is 0.162 e. The van der Waals surface area contributed by atoms with E-state index in [2.05, 4.69) is 22.9 Å². The molecule has 0 amide bonds. The molecule has 0 aliphatic carbocycles. The Morgan fingerprint density at radius 2 is 1.94 bits per heavy atom. The Labute approximate surface area is 109 Å². The predicted molar refractivity (Wildman–Crippen MR) is 69.3 cm³/mol. The van der Waals surface area contributed by atoms with Crippen molar-refractivity contribution in [3.63, 3.8) is 0 Å². The molecule has 1 aromatic rings. The minimum Gasteiger partial charge on any atom is -0.486 e. The zero-order chi connectivity index (χ0) is 11.5. The Morgan fingerprint density at radius 3 is 2.56 bits per heavy atom. The van der Waals surface area contributed by atoms with E-state index in [1.165, 1.54) is 0 Å². The first-order chi connectivity index (χ1) is 7.72. The first-order valence-electron chi connectivity index (χ1n) is 5.37. The van der Waals surface area contributed by atoms with Gasteiger partial charge in [0.15, 0.2) is 11.5 Å². The van der Waals surface area contributed by atoms with Crippen molar-refractivity contribution in [3.05, 3.63) is 22.7 Å².